The standard InChI is InChI=1S/C19H21BrN2OS.BrH/c1-23-17-9-7-16(8-10-17)14-22(13-15-5-3-2-4-6-15)19-21-12-18(11-20)24-19;/h2-10,18H,11-14H2,1H3;1H. The number of hydrogen-bond donors (Lipinski definition) is 0. The highest BCUT2D eigenvalue weighted by molar-refractivity contribution is 9.09. The Hall–Kier alpha value is -0.980. The Morgan fingerprint density at radius 1 is 1.08 bits per heavy atom. The zero-order chi connectivity index (χ0) is 16.8. The molecule has 0 N–H and O–H groups in total. The van der Waals surface area contributed by atoms with Crippen molar-refractivity contribution in [3.8, 4) is 5.75 Å². The monoisotopic (exact) mass is 484 g/mol. The first-order valence-electron chi connectivity index (χ1n) is 7.97. The van der Waals surface area contributed by atoms with E-state index in [1.807, 2.05) is 23.9 Å². The quantitative estimate of drug-likeness (QED) is 0.529. The Morgan fingerprint density at radius 3 is 2.28 bits per heavy atom. The molecular weight excluding hydrogens is 464 g/mol. The molecule has 1 heterocycles. The molecule has 3 nitrogen and oxygen atoms in total. The van der Waals surface area contributed by atoms with Crippen molar-refractivity contribution in [3.63, 3.8) is 0 Å². The molecule has 3 rings (SSSR count). The van der Waals surface area contributed by atoms with Gasteiger partial charge in [-0.15, -0.1) is 17.0 Å². The van der Waals surface area contributed by atoms with Gasteiger partial charge < -0.3 is 9.64 Å². The molecule has 1 atom stereocenters. The topological polar surface area (TPSA) is 24.8 Å². The second-order valence-corrected chi connectivity index (χ2v) is 7.62. The van der Waals surface area contributed by atoms with E-state index in [4.69, 9.17) is 9.73 Å². The Morgan fingerprint density at radius 2 is 1.72 bits per heavy atom. The van der Waals surface area contributed by atoms with Crippen molar-refractivity contribution in [1.29, 1.82) is 0 Å². The molecular formula is C19H22Br2N2OS. The number of amidine groups is 1. The third kappa shape index (κ3) is 5.76. The Balaban J connectivity index is 0.00000225. The molecule has 1 unspecified atom stereocenters. The van der Waals surface area contributed by atoms with Crippen LogP contribution in [0.1, 0.15) is 11.1 Å². The van der Waals surface area contributed by atoms with Gasteiger partial charge in [0.05, 0.1) is 13.7 Å². The summed E-state index contributed by atoms with van der Waals surface area (Å²) >= 11 is 5.45. The first kappa shape index (κ1) is 20.3. The van der Waals surface area contributed by atoms with Crippen LogP contribution in [0.4, 0.5) is 0 Å². The smallest absolute Gasteiger partial charge is 0.160 e. The molecule has 0 saturated carbocycles. The predicted molar refractivity (Wildman–Crippen MR) is 116 cm³/mol. The van der Waals surface area contributed by atoms with Gasteiger partial charge in [-0.25, -0.2) is 0 Å². The Bertz CT molecular complexity index is 680. The van der Waals surface area contributed by atoms with Gasteiger partial charge >= 0.3 is 0 Å². The summed E-state index contributed by atoms with van der Waals surface area (Å²) in [7, 11) is 1.70. The Kier molecular flexibility index (Phi) is 8.33. The average molecular weight is 486 g/mol. The third-order valence-electron chi connectivity index (χ3n) is 3.89. The minimum Gasteiger partial charge on any atom is -0.497 e. The maximum absolute atomic E-state index is 5.25. The fraction of sp³-hybridized carbons (Fsp3) is 0.316. The molecule has 0 amide bonds. The number of alkyl halides is 1. The summed E-state index contributed by atoms with van der Waals surface area (Å²) in [4.78, 5) is 7.13. The van der Waals surface area contributed by atoms with Crippen LogP contribution in [0.15, 0.2) is 59.6 Å². The van der Waals surface area contributed by atoms with Gasteiger partial charge in [-0.3, -0.25) is 4.99 Å². The molecule has 0 fully saturated rings. The number of benzene rings is 2. The fourth-order valence-electron chi connectivity index (χ4n) is 2.60. The molecule has 6 heteroatoms. The van der Waals surface area contributed by atoms with Crippen LogP contribution >= 0.6 is 44.7 Å². The summed E-state index contributed by atoms with van der Waals surface area (Å²) in [6, 6.07) is 18.9. The second-order valence-electron chi connectivity index (χ2n) is 5.71. The van der Waals surface area contributed by atoms with E-state index in [0.717, 1.165) is 35.9 Å². The van der Waals surface area contributed by atoms with Crippen molar-refractivity contribution < 1.29 is 4.74 Å². The summed E-state index contributed by atoms with van der Waals surface area (Å²) in [6.45, 7) is 2.60. The number of aliphatic imine (C=N–C) groups is 1. The normalized spacial score (nSPS) is 16.1. The highest BCUT2D eigenvalue weighted by atomic mass is 79.9. The molecule has 2 aromatic carbocycles. The van der Waals surface area contributed by atoms with Crippen molar-refractivity contribution in [2.24, 2.45) is 4.99 Å². The van der Waals surface area contributed by atoms with Gasteiger partial charge in [0.2, 0.25) is 0 Å². The zero-order valence-electron chi connectivity index (χ0n) is 14.1. The zero-order valence-corrected chi connectivity index (χ0v) is 18.2. The van der Waals surface area contributed by atoms with Crippen molar-refractivity contribution in [1.82, 2.24) is 4.90 Å². The third-order valence-corrected chi connectivity index (χ3v) is 6.35. The highest BCUT2D eigenvalue weighted by Gasteiger charge is 2.23. The van der Waals surface area contributed by atoms with Crippen LogP contribution in [0.2, 0.25) is 0 Å². The van der Waals surface area contributed by atoms with Crippen LogP contribution in [-0.4, -0.2) is 34.3 Å². The molecule has 1 aliphatic heterocycles. The number of methoxy groups -OCH3 is 1. The average Bonchev–Trinajstić information content (AvgIpc) is 3.12. The molecule has 0 spiro atoms. The van der Waals surface area contributed by atoms with E-state index in [2.05, 4.69) is 63.3 Å². The van der Waals surface area contributed by atoms with Crippen molar-refractivity contribution >= 4 is 49.8 Å². The molecule has 25 heavy (non-hydrogen) atoms. The lowest BCUT2D eigenvalue weighted by atomic mass is 10.2. The van der Waals surface area contributed by atoms with Crippen LogP contribution in [0, 0.1) is 0 Å². The fourth-order valence-corrected chi connectivity index (χ4v) is 4.14. The van der Waals surface area contributed by atoms with Gasteiger partial charge in [0, 0.05) is 23.7 Å². The predicted octanol–water partition coefficient (Wildman–Crippen LogP) is 5.14. The van der Waals surface area contributed by atoms with Gasteiger partial charge in [-0.1, -0.05) is 70.2 Å². The first-order valence-corrected chi connectivity index (χ1v) is 9.97. The SMILES string of the molecule is Br.COc1ccc(CN(Cc2ccccc2)C2=NCC(CBr)S2)cc1. The highest BCUT2D eigenvalue weighted by Crippen LogP contribution is 2.27. The maximum Gasteiger partial charge on any atom is 0.160 e. The van der Waals surface area contributed by atoms with Gasteiger partial charge in [-0.2, -0.15) is 0 Å². The first-order chi connectivity index (χ1) is 11.8. The molecule has 0 aromatic heterocycles. The van der Waals surface area contributed by atoms with Crippen LogP contribution < -0.4 is 4.74 Å². The van der Waals surface area contributed by atoms with E-state index >= 15 is 0 Å². The van der Waals surface area contributed by atoms with Gasteiger partial charge in [0.25, 0.3) is 0 Å². The van der Waals surface area contributed by atoms with E-state index in [1.165, 1.54) is 11.1 Å². The van der Waals surface area contributed by atoms with Crippen LogP contribution in [0.5, 0.6) is 5.75 Å². The van der Waals surface area contributed by atoms with E-state index < -0.39 is 0 Å². The van der Waals surface area contributed by atoms with E-state index in [0.29, 0.717) is 5.25 Å². The minimum absolute atomic E-state index is 0. The lowest BCUT2D eigenvalue weighted by molar-refractivity contribution is 0.408. The van der Waals surface area contributed by atoms with Crippen LogP contribution in [0.3, 0.4) is 0 Å². The Labute approximate surface area is 172 Å². The summed E-state index contributed by atoms with van der Waals surface area (Å²) in [5, 5.41) is 2.65. The number of thioether (sulfide) groups is 1. The van der Waals surface area contributed by atoms with Crippen molar-refractivity contribution in [2.75, 3.05) is 19.0 Å². The molecule has 2 aromatic rings. The number of nitrogens with zero attached hydrogens (tertiary/aromatic N) is 2. The maximum atomic E-state index is 5.25. The lowest BCUT2D eigenvalue weighted by Gasteiger charge is -2.25. The van der Waals surface area contributed by atoms with Gasteiger partial charge in [-0.05, 0) is 23.3 Å². The molecule has 0 saturated heterocycles. The molecule has 0 aliphatic carbocycles. The molecule has 0 bridgehead atoms. The number of rotatable bonds is 6. The number of ether oxygens (including phenoxy) is 1. The lowest BCUT2D eigenvalue weighted by Crippen LogP contribution is -2.27. The largest absolute Gasteiger partial charge is 0.497 e. The molecule has 134 valence electrons. The molecule has 0 radical (unpaired) electrons. The second kappa shape index (κ2) is 10.2. The molecule has 1 aliphatic rings. The van der Waals surface area contributed by atoms with Gasteiger partial charge in [0.15, 0.2) is 5.17 Å². The van der Waals surface area contributed by atoms with Crippen LogP contribution in [0.25, 0.3) is 0 Å². The summed E-state index contributed by atoms with van der Waals surface area (Å²) in [5.74, 6) is 0.889. The van der Waals surface area contributed by atoms with Crippen molar-refractivity contribution in [3.05, 3.63) is 65.7 Å². The van der Waals surface area contributed by atoms with E-state index in [-0.39, 0.29) is 17.0 Å². The van der Waals surface area contributed by atoms with E-state index in [9.17, 15) is 0 Å². The number of halogens is 2. The summed E-state index contributed by atoms with van der Waals surface area (Å²) in [5.41, 5.74) is 2.56. The number of hydrogen-bond acceptors (Lipinski definition) is 4. The van der Waals surface area contributed by atoms with Gasteiger partial charge in [0.1, 0.15) is 5.75 Å². The van der Waals surface area contributed by atoms with Crippen molar-refractivity contribution in [2.45, 2.75) is 18.3 Å². The minimum atomic E-state index is 0. The van der Waals surface area contributed by atoms with Crippen LogP contribution in [-0.2, 0) is 13.1 Å². The summed E-state index contributed by atoms with van der Waals surface area (Å²) < 4.78 is 5.25. The van der Waals surface area contributed by atoms with E-state index in [1.54, 1.807) is 7.11 Å². The summed E-state index contributed by atoms with van der Waals surface area (Å²) in [6.07, 6.45) is 0.